The lowest BCUT2D eigenvalue weighted by Gasteiger charge is -2.23. The van der Waals surface area contributed by atoms with E-state index >= 15 is 0 Å². The molecule has 0 saturated heterocycles. The number of carbonyl (C=O) groups excluding carboxylic acids is 2. The van der Waals surface area contributed by atoms with Gasteiger partial charge in [0.25, 0.3) is 0 Å². The standard InChI is InChI=1S/C14H29N3O4/c1-13(2,3)20-11(18)16-8-10(7-15)9-17-12(19)21-14(4,5)6/h10H,7-9,15H2,1-6H3,(H,16,18)(H,17,19). The molecule has 124 valence electrons. The Morgan fingerprint density at radius 3 is 1.48 bits per heavy atom. The van der Waals surface area contributed by atoms with Crippen molar-refractivity contribution in [3.05, 3.63) is 0 Å². The van der Waals surface area contributed by atoms with E-state index in [0.29, 0.717) is 19.6 Å². The van der Waals surface area contributed by atoms with E-state index in [-0.39, 0.29) is 5.92 Å². The van der Waals surface area contributed by atoms with Gasteiger partial charge in [0.2, 0.25) is 0 Å². The molecule has 0 radical (unpaired) electrons. The van der Waals surface area contributed by atoms with Gasteiger partial charge in [0.15, 0.2) is 0 Å². The lowest BCUT2D eigenvalue weighted by atomic mass is 10.1. The van der Waals surface area contributed by atoms with E-state index < -0.39 is 23.4 Å². The van der Waals surface area contributed by atoms with Gasteiger partial charge >= 0.3 is 12.2 Å². The number of amides is 2. The fraction of sp³-hybridized carbons (Fsp3) is 0.857. The Balaban J connectivity index is 4.07. The topological polar surface area (TPSA) is 103 Å². The van der Waals surface area contributed by atoms with Crippen LogP contribution < -0.4 is 16.4 Å². The van der Waals surface area contributed by atoms with Gasteiger partial charge < -0.3 is 25.8 Å². The van der Waals surface area contributed by atoms with Crippen LogP contribution in [0.5, 0.6) is 0 Å². The average Bonchev–Trinajstić information content (AvgIpc) is 2.24. The molecule has 0 aliphatic carbocycles. The summed E-state index contributed by atoms with van der Waals surface area (Å²) in [5.41, 5.74) is 4.53. The summed E-state index contributed by atoms with van der Waals surface area (Å²) >= 11 is 0. The van der Waals surface area contributed by atoms with Crippen LogP contribution in [0.2, 0.25) is 0 Å². The quantitative estimate of drug-likeness (QED) is 0.716. The Labute approximate surface area is 126 Å². The van der Waals surface area contributed by atoms with Crippen molar-refractivity contribution in [1.82, 2.24) is 10.6 Å². The number of alkyl carbamates (subject to hydrolysis) is 2. The molecule has 0 atom stereocenters. The first-order valence-corrected chi connectivity index (χ1v) is 7.06. The maximum absolute atomic E-state index is 11.5. The lowest BCUT2D eigenvalue weighted by molar-refractivity contribution is 0.0510. The number of ether oxygens (including phenoxy) is 2. The van der Waals surface area contributed by atoms with Gasteiger partial charge in [0, 0.05) is 19.0 Å². The largest absolute Gasteiger partial charge is 0.444 e. The van der Waals surface area contributed by atoms with Gasteiger partial charge in [-0.15, -0.1) is 0 Å². The van der Waals surface area contributed by atoms with E-state index in [1.165, 1.54) is 0 Å². The Hall–Kier alpha value is -1.50. The first-order valence-electron chi connectivity index (χ1n) is 7.06. The van der Waals surface area contributed by atoms with Crippen molar-refractivity contribution in [2.24, 2.45) is 11.7 Å². The van der Waals surface area contributed by atoms with Crippen LogP contribution in [0.15, 0.2) is 0 Å². The molecule has 7 heteroatoms. The van der Waals surface area contributed by atoms with Gasteiger partial charge in [-0.05, 0) is 48.1 Å². The molecular formula is C14H29N3O4. The Morgan fingerprint density at radius 2 is 1.24 bits per heavy atom. The summed E-state index contributed by atoms with van der Waals surface area (Å²) in [4.78, 5) is 23.0. The molecule has 0 aliphatic heterocycles. The first kappa shape index (κ1) is 19.5. The molecule has 0 fully saturated rings. The van der Waals surface area contributed by atoms with E-state index in [0.717, 1.165) is 0 Å². The first-order chi connectivity index (χ1) is 9.43. The van der Waals surface area contributed by atoms with Crippen molar-refractivity contribution in [3.63, 3.8) is 0 Å². The number of nitrogens with one attached hydrogen (secondary N) is 2. The number of nitrogens with two attached hydrogens (primary N) is 1. The summed E-state index contributed by atoms with van der Waals surface area (Å²) in [5.74, 6) is -0.0926. The summed E-state index contributed by atoms with van der Waals surface area (Å²) in [6.07, 6.45) is -1.00. The van der Waals surface area contributed by atoms with Gasteiger partial charge in [-0.1, -0.05) is 0 Å². The highest BCUT2D eigenvalue weighted by Crippen LogP contribution is 2.07. The Morgan fingerprint density at radius 1 is 0.905 bits per heavy atom. The van der Waals surface area contributed by atoms with E-state index in [4.69, 9.17) is 15.2 Å². The molecule has 7 nitrogen and oxygen atoms in total. The number of hydrogen-bond acceptors (Lipinski definition) is 5. The van der Waals surface area contributed by atoms with Crippen LogP contribution in [0, 0.1) is 5.92 Å². The second-order valence-corrected chi connectivity index (χ2v) is 6.87. The minimum Gasteiger partial charge on any atom is -0.444 e. The molecule has 0 unspecified atom stereocenters. The minimum absolute atomic E-state index is 0.0926. The van der Waals surface area contributed by atoms with E-state index in [1.54, 1.807) is 41.5 Å². The zero-order chi connectivity index (χ0) is 16.7. The van der Waals surface area contributed by atoms with Crippen LogP contribution in [0.1, 0.15) is 41.5 Å². The second-order valence-electron chi connectivity index (χ2n) is 6.87. The van der Waals surface area contributed by atoms with E-state index in [2.05, 4.69) is 10.6 Å². The van der Waals surface area contributed by atoms with Gasteiger partial charge in [-0.3, -0.25) is 0 Å². The normalized spacial score (nSPS) is 12.0. The second kappa shape index (κ2) is 8.07. The van der Waals surface area contributed by atoms with Gasteiger partial charge in [0.05, 0.1) is 0 Å². The molecule has 4 N–H and O–H groups in total. The van der Waals surface area contributed by atoms with Crippen LogP contribution in [-0.4, -0.2) is 43.0 Å². The molecule has 0 saturated carbocycles. The molecule has 0 rings (SSSR count). The van der Waals surface area contributed by atoms with E-state index in [1.807, 2.05) is 0 Å². The zero-order valence-corrected chi connectivity index (χ0v) is 13.9. The molecule has 0 bridgehead atoms. The fourth-order valence-corrected chi connectivity index (χ4v) is 1.32. The van der Waals surface area contributed by atoms with Crippen molar-refractivity contribution in [3.8, 4) is 0 Å². The molecule has 0 aliphatic rings. The summed E-state index contributed by atoms with van der Waals surface area (Å²) in [7, 11) is 0. The molecule has 0 spiro atoms. The molecule has 0 aromatic carbocycles. The van der Waals surface area contributed by atoms with Gasteiger partial charge in [-0.2, -0.15) is 0 Å². The molecule has 0 aromatic heterocycles. The van der Waals surface area contributed by atoms with Crippen molar-refractivity contribution in [2.45, 2.75) is 52.7 Å². The Kier molecular flexibility index (Phi) is 7.49. The zero-order valence-electron chi connectivity index (χ0n) is 13.9. The van der Waals surface area contributed by atoms with Crippen molar-refractivity contribution in [1.29, 1.82) is 0 Å². The van der Waals surface area contributed by atoms with Crippen LogP contribution in [0.3, 0.4) is 0 Å². The van der Waals surface area contributed by atoms with Gasteiger partial charge in [0.1, 0.15) is 11.2 Å². The van der Waals surface area contributed by atoms with Crippen LogP contribution in [0.25, 0.3) is 0 Å². The van der Waals surface area contributed by atoms with Crippen molar-refractivity contribution in [2.75, 3.05) is 19.6 Å². The SMILES string of the molecule is CC(C)(C)OC(=O)NCC(CN)CNC(=O)OC(C)(C)C. The average molecular weight is 303 g/mol. The monoisotopic (exact) mass is 303 g/mol. The molecule has 0 aromatic rings. The highest BCUT2D eigenvalue weighted by molar-refractivity contribution is 5.68. The number of carbonyl (C=O) groups is 2. The Bertz CT molecular complexity index is 313. The third-order valence-electron chi connectivity index (χ3n) is 2.20. The molecule has 21 heavy (non-hydrogen) atoms. The van der Waals surface area contributed by atoms with E-state index in [9.17, 15) is 9.59 Å². The maximum atomic E-state index is 11.5. The summed E-state index contributed by atoms with van der Waals surface area (Å²) in [6, 6.07) is 0. The fourth-order valence-electron chi connectivity index (χ4n) is 1.32. The van der Waals surface area contributed by atoms with Crippen LogP contribution in [-0.2, 0) is 9.47 Å². The lowest BCUT2D eigenvalue weighted by Crippen LogP contribution is -2.42. The maximum Gasteiger partial charge on any atom is 0.407 e. The summed E-state index contributed by atoms with van der Waals surface area (Å²) in [5, 5.41) is 5.26. The van der Waals surface area contributed by atoms with Crippen LogP contribution >= 0.6 is 0 Å². The number of hydrogen-bond donors (Lipinski definition) is 3. The third-order valence-corrected chi connectivity index (χ3v) is 2.20. The van der Waals surface area contributed by atoms with Gasteiger partial charge in [-0.25, -0.2) is 9.59 Å². The predicted octanol–water partition coefficient (Wildman–Crippen LogP) is 1.61. The highest BCUT2D eigenvalue weighted by Gasteiger charge is 2.19. The molecular weight excluding hydrogens is 274 g/mol. The third kappa shape index (κ3) is 12.0. The minimum atomic E-state index is -0.545. The summed E-state index contributed by atoms with van der Waals surface area (Å²) in [6.45, 7) is 11.7. The predicted molar refractivity (Wildman–Crippen MR) is 81.0 cm³/mol. The van der Waals surface area contributed by atoms with Crippen molar-refractivity contribution < 1.29 is 19.1 Å². The molecule has 0 heterocycles. The smallest absolute Gasteiger partial charge is 0.407 e. The highest BCUT2D eigenvalue weighted by atomic mass is 16.6. The summed E-state index contributed by atoms with van der Waals surface area (Å²) < 4.78 is 10.2. The number of rotatable bonds is 5. The van der Waals surface area contributed by atoms with Crippen molar-refractivity contribution >= 4 is 12.2 Å². The molecule has 2 amide bonds. The van der Waals surface area contributed by atoms with Crippen LogP contribution in [0.4, 0.5) is 9.59 Å².